The number of hydrogen-bond acceptors (Lipinski definition) is 1. The number of hydrogen-bond donors (Lipinski definition) is 2. The van der Waals surface area contributed by atoms with Gasteiger partial charge in [-0.3, -0.25) is 0 Å². The quantitative estimate of drug-likeness (QED) is 0.673. The lowest BCUT2D eigenvalue weighted by Crippen LogP contribution is -2.49. The van der Waals surface area contributed by atoms with Gasteiger partial charge >= 0.3 is 6.03 Å². The van der Waals surface area contributed by atoms with E-state index >= 15 is 0 Å². The third-order valence-electron chi connectivity index (χ3n) is 2.22. The van der Waals surface area contributed by atoms with Crippen molar-refractivity contribution in [1.29, 1.82) is 0 Å². The summed E-state index contributed by atoms with van der Waals surface area (Å²) >= 11 is 0. The fraction of sp³-hybridized carbons (Fsp3) is 0.750. The Morgan fingerprint density at radius 1 is 1.27 bits per heavy atom. The Morgan fingerprint density at radius 2 is 1.80 bits per heavy atom. The number of carbonyl (C=O) groups excluding carboxylic acids is 1. The topological polar surface area (TPSA) is 55.1 Å². The maximum absolute atomic E-state index is 11.0. The summed E-state index contributed by atoms with van der Waals surface area (Å²) in [5, 5.41) is 2.80. The molecular formula is C12H22N2O. The van der Waals surface area contributed by atoms with Crippen molar-refractivity contribution in [3.8, 4) is 11.8 Å². The number of rotatable bonds is 5. The van der Waals surface area contributed by atoms with E-state index in [9.17, 15) is 4.79 Å². The van der Waals surface area contributed by atoms with E-state index < -0.39 is 11.6 Å². The molecule has 0 aromatic carbocycles. The molecule has 0 heterocycles. The van der Waals surface area contributed by atoms with Gasteiger partial charge < -0.3 is 11.1 Å². The summed E-state index contributed by atoms with van der Waals surface area (Å²) in [6, 6.07) is -0.484. The van der Waals surface area contributed by atoms with Crippen LogP contribution < -0.4 is 11.1 Å². The number of nitrogens with one attached hydrogen (secondary N) is 1. The van der Waals surface area contributed by atoms with Gasteiger partial charge in [0.2, 0.25) is 0 Å². The molecule has 86 valence electrons. The summed E-state index contributed by atoms with van der Waals surface area (Å²) < 4.78 is 0. The molecule has 0 aliphatic heterocycles. The first kappa shape index (κ1) is 13.8. The van der Waals surface area contributed by atoms with Crippen molar-refractivity contribution in [3.05, 3.63) is 0 Å². The van der Waals surface area contributed by atoms with Gasteiger partial charge in [-0.25, -0.2) is 4.79 Å². The summed E-state index contributed by atoms with van der Waals surface area (Å²) in [7, 11) is 0. The number of urea groups is 1. The minimum atomic E-state index is -0.484. The van der Waals surface area contributed by atoms with Crippen LogP contribution in [0.15, 0.2) is 0 Å². The zero-order valence-corrected chi connectivity index (χ0v) is 10.0. The van der Waals surface area contributed by atoms with Gasteiger partial charge in [0, 0.05) is 6.42 Å². The van der Waals surface area contributed by atoms with Gasteiger partial charge in [0.1, 0.15) is 5.54 Å². The van der Waals surface area contributed by atoms with Gasteiger partial charge in [-0.1, -0.05) is 39.5 Å². The van der Waals surface area contributed by atoms with Gasteiger partial charge in [-0.15, -0.1) is 5.92 Å². The maximum atomic E-state index is 11.0. The van der Waals surface area contributed by atoms with Crippen LogP contribution >= 0.6 is 0 Å². The standard InChI is InChI=1S/C12H22N2O/c1-4-7-10-12(8-5-2,9-6-3)14-11(13)15/h4-6,8-9H2,1-3H3,(H3,13,14,15). The molecule has 0 spiro atoms. The summed E-state index contributed by atoms with van der Waals surface area (Å²) in [6.07, 6.45) is 4.49. The largest absolute Gasteiger partial charge is 0.352 e. The van der Waals surface area contributed by atoms with Crippen molar-refractivity contribution in [3.63, 3.8) is 0 Å². The summed E-state index contributed by atoms with van der Waals surface area (Å²) in [6.45, 7) is 6.17. The third kappa shape index (κ3) is 5.31. The molecule has 0 bridgehead atoms. The predicted molar refractivity (Wildman–Crippen MR) is 63.3 cm³/mol. The minimum absolute atomic E-state index is 0.411. The second kappa shape index (κ2) is 7.17. The van der Waals surface area contributed by atoms with Gasteiger partial charge in [0.15, 0.2) is 0 Å². The van der Waals surface area contributed by atoms with Crippen molar-refractivity contribution in [2.75, 3.05) is 0 Å². The third-order valence-corrected chi connectivity index (χ3v) is 2.22. The molecule has 0 aliphatic carbocycles. The molecule has 15 heavy (non-hydrogen) atoms. The SMILES string of the molecule is CCC#CC(CCC)(CCC)NC(N)=O. The first-order chi connectivity index (χ1) is 7.10. The Balaban J connectivity index is 4.78. The lowest BCUT2D eigenvalue weighted by atomic mass is 9.89. The molecule has 0 aromatic heterocycles. The van der Waals surface area contributed by atoms with Crippen LogP contribution in [-0.2, 0) is 0 Å². The normalized spacial score (nSPS) is 10.3. The van der Waals surface area contributed by atoms with Gasteiger partial charge in [-0.05, 0) is 12.8 Å². The molecule has 0 atom stereocenters. The summed E-state index contributed by atoms with van der Waals surface area (Å²) in [5.41, 5.74) is 4.78. The zero-order valence-electron chi connectivity index (χ0n) is 10.0. The average molecular weight is 210 g/mol. The van der Waals surface area contributed by atoms with E-state index in [1.807, 2.05) is 6.92 Å². The van der Waals surface area contributed by atoms with Crippen molar-refractivity contribution in [2.45, 2.75) is 58.4 Å². The van der Waals surface area contributed by atoms with E-state index in [1.54, 1.807) is 0 Å². The molecule has 0 aliphatic rings. The van der Waals surface area contributed by atoms with Crippen LogP contribution in [-0.4, -0.2) is 11.6 Å². The van der Waals surface area contributed by atoms with E-state index in [2.05, 4.69) is 31.0 Å². The smallest absolute Gasteiger partial charge is 0.313 e. The number of amides is 2. The van der Waals surface area contributed by atoms with E-state index in [0.717, 1.165) is 32.1 Å². The molecule has 0 rings (SSSR count). The molecule has 0 radical (unpaired) electrons. The van der Waals surface area contributed by atoms with Crippen LogP contribution in [0, 0.1) is 11.8 Å². The Labute approximate surface area is 92.8 Å². The lowest BCUT2D eigenvalue weighted by Gasteiger charge is -2.28. The second-order valence-electron chi connectivity index (χ2n) is 3.73. The number of nitrogens with two attached hydrogens (primary N) is 1. The minimum Gasteiger partial charge on any atom is -0.352 e. The first-order valence-corrected chi connectivity index (χ1v) is 5.67. The Morgan fingerprint density at radius 3 is 2.13 bits per heavy atom. The van der Waals surface area contributed by atoms with Crippen LogP contribution in [0.4, 0.5) is 4.79 Å². The molecule has 3 N–H and O–H groups in total. The molecule has 3 heteroatoms. The van der Waals surface area contributed by atoms with E-state index in [1.165, 1.54) is 0 Å². The molecule has 0 unspecified atom stereocenters. The molecule has 2 amide bonds. The fourth-order valence-corrected chi connectivity index (χ4v) is 1.75. The van der Waals surface area contributed by atoms with Crippen LogP contribution in [0.3, 0.4) is 0 Å². The molecule has 0 aromatic rings. The lowest BCUT2D eigenvalue weighted by molar-refractivity contribution is 0.236. The van der Waals surface area contributed by atoms with Crippen molar-refractivity contribution in [2.24, 2.45) is 5.73 Å². The Hall–Kier alpha value is -1.17. The summed E-state index contributed by atoms with van der Waals surface area (Å²) in [5.74, 6) is 6.20. The van der Waals surface area contributed by atoms with Crippen molar-refractivity contribution in [1.82, 2.24) is 5.32 Å². The van der Waals surface area contributed by atoms with Crippen LogP contribution in [0.5, 0.6) is 0 Å². The first-order valence-electron chi connectivity index (χ1n) is 5.67. The molecule has 3 nitrogen and oxygen atoms in total. The van der Waals surface area contributed by atoms with Gasteiger partial charge in [-0.2, -0.15) is 0 Å². The number of primary amides is 1. The Kier molecular flexibility index (Phi) is 6.61. The Bertz CT molecular complexity index is 244. The highest BCUT2D eigenvalue weighted by Crippen LogP contribution is 2.18. The molecular weight excluding hydrogens is 188 g/mol. The molecule has 0 saturated carbocycles. The molecule has 0 saturated heterocycles. The highest BCUT2D eigenvalue weighted by atomic mass is 16.2. The fourth-order valence-electron chi connectivity index (χ4n) is 1.75. The molecule has 0 fully saturated rings. The zero-order chi connectivity index (χ0) is 11.7. The average Bonchev–Trinajstić information content (AvgIpc) is 2.14. The predicted octanol–water partition coefficient (Wildman–Crippen LogP) is 2.41. The van der Waals surface area contributed by atoms with Crippen LogP contribution in [0.2, 0.25) is 0 Å². The van der Waals surface area contributed by atoms with Crippen LogP contribution in [0.1, 0.15) is 52.9 Å². The van der Waals surface area contributed by atoms with Crippen LogP contribution in [0.25, 0.3) is 0 Å². The number of carbonyl (C=O) groups is 1. The van der Waals surface area contributed by atoms with E-state index in [-0.39, 0.29) is 0 Å². The van der Waals surface area contributed by atoms with E-state index in [4.69, 9.17) is 5.73 Å². The summed E-state index contributed by atoms with van der Waals surface area (Å²) in [4.78, 5) is 11.0. The van der Waals surface area contributed by atoms with Gasteiger partial charge in [0.05, 0.1) is 0 Å². The van der Waals surface area contributed by atoms with Crippen molar-refractivity contribution < 1.29 is 4.79 Å². The highest BCUT2D eigenvalue weighted by Gasteiger charge is 2.26. The maximum Gasteiger partial charge on any atom is 0.313 e. The van der Waals surface area contributed by atoms with Crippen molar-refractivity contribution >= 4 is 6.03 Å². The van der Waals surface area contributed by atoms with E-state index in [0.29, 0.717) is 0 Å². The van der Waals surface area contributed by atoms with Gasteiger partial charge in [0.25, 0.3) is 0 Å². The second-order valence-corrected chi connectivity index (χ2v) is 3.73. The highest BCUT2D eigenvalue weighted by molar-refractivity contribution is 5.73. The monoisotopic (exact) mass is 210 g/mol.